The van der Waals surface area contributed by atoms with E-state index in [2.05, 4.69) is 0 Å². The van der Waals surface area contributed by atoms with Crippen molar-refractivity contribution in [3.63, 3.8) is 0 Å². The fourth-order valence-corrected chi connectivity index (χ4v) is 2.40. The number of nitrogen functional groups attached to an aromatic ring is 1. The van der Waals surface area contributed by atoms with Crippen LogP contribution < -0.4 is 5.73 Å². The highest BCUT2D eigenvalue weighted by atomic mass is 127. The third-order valence-electron chi connectivity index (χ3n) is 2.52. The van der Waals surface area contributed by atoms with Gasteiger partial charge >= 0.3 is 5.97 Å². The van der Waals surface area contributed by atoms with Crippen LogP contribution in [0.15, 0.2) is 36.4 Å². The van der Waals surface area contributed by atoms with Crippen molar-refractivity contribution in [2.45, 2.75) is 0 Å². The molecule has 18 heavy (non-hydrogen) atoms. The monoisotopic (exact) mass is 357 g/mol. The van der Waals surface area contributed by atoms with Gasteiger partial charge in [-0.05, 0) is 58.0 Å². The molecular weight excluding hydrogens is 348 g/mol. The van der Waals surface area contributed by atoms with Crippen LogP contribution in [0.5, 0.6) is 0 Å². The summed E-state index contributed by atoms with van der Waals surface area (Å²) in [6.07, 6.45) is 0. The summed E-state index contributed by atoms with van der Waals surface area (Å²) in [5, 5.41) is 8.96. The van der Waals surface area contributed by atoms with Crippen LogP contribution in [-0.2, 0) is 0 Å². The molecule has 0 saturated carbocycles. The summed E-state index contributed by atoms with van der Waals surface area (Å²) < 4.78 is 13.6. The second-order valence-corrected chi connectivity index (χ2v) is 4.89. The molecule has 0 heterocycles. The first-order valence-electron chi connectivity index (χ1n) is 5.07. The zero-order chi connectivity index (χ0) is 13.3. The van der Waals surface area contributed by atoms with Gasteiger partial charge in [-0.15, -0.1) is 0 Å². The molecular formula is C13H9FINO2. The second kappa shape index (κ2) is 4.93. The van der Waals surface area contributed by atoms with Crippen LogP contribution in [-0.4, -0.2) is 11.1 Å². The van der Waals surface area contributed by atoms with Crippen molar-refractivity contribution in [2.24, 2.45) is 0 Å². The summed E-state index contributed by atoms with van der Waals surface area (Å²) in [7, 11) is 0. The lowest BCUT2D eigenvalue weighted by Gasteiger charge is -2.09. The minimum Gasteiger partial charge on any atom is -0.478 e. The van der Waals surface area contributed by atoms with Gasteiger partial charge in [0.1, 0.15) is 5.82 Å². The Morgan fingerprint density at radius 2 is 1.83 bits per heavy atom. The minimum absolute atomic E-state index is 0.0743. The van der Waals surface area contributed by atoms with E-state index in [1.165, 1.54) is 18.2 Å². The number of nitrogens with two attached hydrogens (primary N) is 1. The fourth-order valence-electron chi connectivity index (χ4n) is 1.63. The fraction of sp³-hybridized carbons (Fsp3) is 0. The number of hydrogen-bond donors (Lipinski definition) is 2. The second-order valence-electron chi connectivity index (χ2n) is 3.73. The largest absolute Gasteiger partial charge is 0.478 e. The molecule has 0 unspecified atom stereocenters. The van der Waals surface area contributed by atoms with E-state index >= 15 is 0 Å². The van der Waals surface area contributed by atoms with E-state index in [1.54, 1.807) is 18.2 Å². The Morgan fingerprint density at radius 3 is 2.39 bits per heavy atom. The van der Waals surface area contributed by atoms with Gasteiger partial charge in [0.25, 0.3) is 0 Å². The van der Waals surface area contributed by atoms with E-state index in [1.807, 2.05) is 22.6 Å². The summed E-state index contributed by atoms with van der Waals surface area (Å²) in [4.78, 5) is 10.9. The Kier molecular flexibility index (Phi) is 3.51. The van der Waals surface area contributed by atoms with Crippen molar-refractivity contribution in [1.82, 2.24) is 0 Å². The topological polar surface area (TPSA) is 63.3 Å². The summed E-state index contributed by atoms with van der Waals surface area (Å²) in [5.41, 5.74) is 7.56. The third-order valence-corrected chi connectivity index (χ3v) is 3.42. The Hall–Kier alpha value is -1.63. The number of anilines is 1. The molecule has 2 aromatic carbocycles. The maximum atomic E-state index is 12.8. The molecule has 0 aliphatic rings. The number of rotatable bonds is 2. The molecule has 3 N–H and O–H groups in total. The van der Waals surface area contributed by atoms with E-state index in [-0.39, 0.29) is 17.1 Å². The Bertz CT molecular complexity index is 611. The van der Waals surface area contributed by atoms with Crippen molar-refractivity contribution in [2.75, 3.05) is 5.73 Å². The van der Waals surface area contributed by atoms with E-state index in [4.69, 9.17) is 10.8 Å². The van der Waals surface area contributed by atoms with Crippen molar-refractivity contribution >= 4 is 34.2 Å². The SMILES string of the molecule is Nc1cc(-c2ccc(F)cc2)c(I)cc1C(=O)O. The number of halogens is 2. The van der Waals surface area contributed by atoms with Gasteiger partial charge in [-0.1, -0.05) is 12.1 Å². The van der Waals surface area contributed by atoms with Crippen LogP contribution in [0.3, 0.4) is 0 Å². The standard InChI is InChI=1S/C13H9FINO2/c14-8-3-1-7(2-4-8)9-6-12(16)10(13(17)18)5-11(9)15/h1-6H,16H2,(H,17,18). The van der Waals surface area contributed by atoms with E-state index < -0.39 is 5.97 Å². The summed E-state index contributed by atoms with van der Waals surface area (Å²) >= 11 is 2.04. The van der Waals surface area contributed by atoms with Crippen molar-refractivity contribution in [3.8, 4) is 11.1 Å². The zero-order valence-corrected chi connectivity index (χ0v) is 11.3. The maximum absolute atomic E-state index is 12.8. The van der Waals surface area contributed by atoms with Crippen molar-refractivity contribution < 1.29 is 14.3 Å². The van der Waals surface area contributed by atoms with Gasteiger partial charge in [0, 0.05) is 9.26 Å². The summed E-state index contributed by atoms with van der Waals surface area (Å²) in [5.74, 6) is -1.38. The van der Waals surface area contributed by atoms with Crippen LogP contribution in [0, 0.1) is 9.39 Å². The molecule has 0 spiro atoms. The Balaban J connectivity index is 2.56. The smallest absolute Gasteiger partial charge is 0.337 e. The average Bonchev–Trinajstić information content (AvgIpc) is 2.32. The zero-order valence-electron chi connectivity index (χ0n) is 9.15. The molecule has 0 radical (unpaired) electrons. The minimum atomic E-state index is -1.06. The predicted molar refractivity (Wildman–Crippen MR) is 75.9 cm³/mol. The van der Waals surface area contributed by atoms with Gasteiger partial charge in [0.05, 0.1) is 5.56 Å². The average molecular weight is 357 g/mol. The first-order chi connectivity index (χ1) is 8.49. The highest BCUT2D eigenvalue weighted by Crippen LogP contribution is 2.29. The molecule has 0 aliphatic carbocycles. The molecule has 0 saturated heterocycles. The van der Waals surface area contributed by atoms with E-state index in [9.17, 15) is 9.18 Å². The first kappa shape index (κ1) is 12.8. The normalized spacial score (nSPS) is 10.3. The van der Waals surface area contributed by atoms with Gasteiger partial charge in [-0.25, -0.2) is 9.18 Å². The third kappa shape index (κ3) is 2.45. The van der Waals surface area contributed by atoms with E-state index in [0.29, 0.717) is 0 Å². The number of benzene rings is 2. The van der Waals surface area contributed by atoms with Crippen LogP contribution in [0.1, 0.15) is 10.4 Å². The molecule has 0 aromatic heterocycles. The molecule has 0 aliphatic heterocycles. The van der Waals surface area contributed by atoms with Gasteiger partial charge < -0.3 is 10.8 Å². The van der Waals surface area contributed by atoms with Gasteiger partial charge in [0.2, 0.25) is 0 Å². The van der Waals surface area contributed by atoms with Crippen LogP contribution >= 0.6 is 22.6 Å². The lowest BCUT2D eigenvalue weighted by Crippen LogP contribution is -2.03. The highest BCUT2D eigenvalue weighted by Gasteiger charge is 2.12. The lowest BCUT2D eigenvalue weighted by atomic mass is 10.0. The lowest BCUT2D eigenvalue weighted by molar-refractivity contribution is 0.0698. The van der Waals surface area contributed by atoms with Crippen LogP contribution in [0.4, 0.5) is 10.1 Å². The summed E-state index contributed by atoms with van der Waals surface area (Å²) in [6.45, 7) is 0. The predicted octanol–water partition coefficient (Wildman–Crippen LogP) is 3.38. The molecule has 0 atom stereocenters. The number of carboxylic acid groups (broad SMARTS) is 1. The molecule has 0 fully saturated rings. The van der Waals surface area contributed by atoms with Crippen molar-refractivity contribution in [3.05, 3.63) is 51.3 Å². The summed E-state index contributed by atoms with van der Waals surface area (Å²) in [6, 6.07) is 9.08. The molecule has 0 amide bonds. The molecule has 92 valence electrons. The number of carbonyl (C=O) groups is 1. The Labute approximate surface area is 117 Å². The molecule has 0 bridgehead atoms. The number of hydrogen-bond acceptors (Lipinski definition) is 2. The van der Waals surface area contributed by atoms with Crippen LogP contribution in [0.2, 0.25) is 0 Å². The Morgan fingerprint density at radius 1 is 1.22 bits per heavy atom. The molecule has 2 rings (SSSR count). The van der Waals surface area contributed by atoms with Gasteiger partial charge in [-0.2, -0.15) is 0 Å². The van der Waals surface area contributed by atoms with Gasteiger partial charge in [0.15, 0.2) is 0 Å². The molecule has 2 aromatic rings. The molecule has 5 heteroatoms. The number of aromatic carboxylic acids is 1. The van der Waals surface area contributed by atoms with Crippen LogP contribution in [0.25, 0.3) is 11.1 Å². The van der Waals surface area contributed by atoms with Crippen molar-refractivity contribution in [1.29, 1.82) is 0 Å². The van der Waals surface area contributed by atoms with Gasteiger partial charge in [-0.3, -0.25) is 0 Å². The first-order valence-corrected chi connectivity index (χ1v) is 6.15. The molecule has 3 nitrogen and oxygen atoms in total. The quantitative estimate of drug-likeness (QED) is 0.640. The van der Waals surface area contributed by atoms with E-state index in [0.717, 1.165) is 14.7 Å². The number of carboxylic acids is 1. The maximum Gasteiger partial charge on any atom is 0.337 e. The highest BCUT2D eigenvalue weighted by molar-refractivity contribution is 14.1.